The van der Waals surface area contributed by atoms with Gasteiger partial charge >= 0.3 is 0 Å². The Kier molecular flexibility index (Phi) is 3.81. The van der Waals surface area contributed by atoms with Crippen LogP contribution < -0.4 is 5.32 Å². The minimum atomic E-state index is 0.602. The molecule has 0 unspecified atom stereocenters. The number of nitrogens with one attached hydrogen (secondary N) is 1. The molecule has 0 bridgehead atoms. The lowest BCUT2D eigenvalue weighted by Gasteiger charge is -2.18. The Labute approximate surface area is 129 Å². The largest absolute Gasteiger partial charge is 0.339 e. The summed E-state index contributed by atoms with van der Waals surface area (Å²) < 4.78 is 0. The van der Waals surface area contributed by atoms with Gasteiger partial charge in [0.25, 0.3) is 0 Å². The van der Waals surface area contributed by atoms with Gasteiger partial charge in [-0.3, -0.25) is 0 Å². The number of nitriles is 1. The summed E-state index contributed by atoms with van der Waals surface area (Å²) in [4.78, 5) is 4.68. The minimum absolute atomic E-state index is 0.602. The maximum absolute atomic E-state index is 9.36. The van der Waals surface area contributed by atoms with Crippen molar-refractivity contribution in [3.8, 4) is 6.07 Å². The Morgan fingerprint density at radius 2 is 2.05 bits per heavy atom. The van der Waals surface area contributed by atoms with Crippen molar-refractivity contribution in [1.82, 2.24) is 4.98 Å². The predicted molar refractivity (Wildman–Crippen MR) is 85.1 cm³/mol. The summed E-state index contributed by atoms with van der Waals surface area (Å²) >= 11 is 5.98. The van der Waals surface area contributed by atoms with Crippen molar-refractivity contribution < 1.29 is 0 Å². The van der Waals surface area contributed by atoms with Crippen molar-refractivity contribution in [2.75, 3.05) is 5.32 Å². The average Bonchev–Trinajstić information content (AvgIpc) is 2.49. The standard InChI is InChI=1S/C17H16ClN3/c1-11-8-14(18)6-7-15(11)20-17-13(10-19)9-12-4-2-3-5-16(12)21-17/h6-9H,2-5H2,1H3,(H,20,21). The smallest absolute Gasteiger partial charge is 0.148 e. The summed E-state index contributed by atoms with van der Waals surface area (Å²) in [6.45, 7) is 1.98. The molecule has 21 heavy (non-hydrogen) atoms. The van der Waals surface area contributed by atoms with Crippen molar-refractivity contribution in [3.63, 3.8) is 0 Å². The molecule has 0 atom stereocenters. The number of aromatic nitrogens is 1. The molecule has 1 aromatic carbocycles. The van der Waals surface area contributed by atoms with Crippen LogP contribution in [0.5, 0.6) is 0 Å². The van der Waals surface area contributed by atoms with Gasteiger partial charge in [0.1, 0.15) is 11.9 Å². The number of halogens is 1. The number of aryl methyl sites for hydroxylation is 3. The van der Waals surface area contributed by atoms with E-state index in [-0.39, 0.29) is 0 Å². The summed E-state index contributed by atoms with van der Waals surface area (Å²) in [7, 11) is 0. The molecule has 1 aliphatic rings. The molecule has 3 nitrogen and oxygen atoms in total. The number of fused-ring (bicyclic) bond motifs is 1. The van der Waals surface area contributed by atoms with E-state index in [1.54, 1.807) is 0 Å². The topological polar surface area (TPSA) is 48.7 Å². The fraction of sp³-hybridized carbons (Fsp3) is 0.294. The van der Waals surface area contributed by atoms with Crippen LogP contribution in [0.4, 0.5) is 11.5 Å². The zero-order valence-corrected chi connectivity index (χ0v) is 12.7. The molecular weight excluding hydrogens is 282 g/mol. The molecule has 1 aromatic heterocycles. The van der Waals surface area contributed by atoms with Crippen LogP contribution in [0.3, 0.4) is 0 Å². The van der Waals surface area contributed by atoms with Crippen LogP contribution in [0, 0.1) is 18.3 Å². The maximum Gasteiger partial charge on any atom is 0.148 e. The van der Waals surface area contributed by atoms with E-state index in [1.165, 1.54) is 18.4 Å². The highest BCUT2D eigenvalue weighted by atomic mass is 35.5. The molecule has 0 amide bonds. The summed E-state index contributed by atoms with van der Waals surface area (Å²) in [6.07, 6.45) is 4.38. The number of anilines is 2. The second-order valence-electron chi connectivity index (χ2n) is 5.39. The first-order valence-corrected chi connectivity index (χ1v) is 7.51. The molecule has 0 aliphatic heterocycles. The van der Waals surface area contributed by atoms with Crippen LogP contribution in [-0.2, 0) is 12.8 Å². The van der Waals surface area contributed by atoms with Gasteiger partial charge < -0.3 is 5.32 Å². The van der Waals surface area contributed by atoms with Crippen molar-refractivity contribution >= 4 is 23.1 Å². The molecule has 1 aliphatic carbocycles. The monoisotopic (exact) mass is 297 g/mol. The quantitative estimate of drug-likeness (QED) is 0.885. The first-order valence-electron chi connectivity index (χ1n) is 7.13. The van der Waals surface area contributed by atoms with Crippen molar-refractivity contribution in [1.29, 1.82) is 5.26 Å². The molecule has 106 valence electrons. The number of hydrogen-bond donors (Lipinski definition) is 1. The normalized spacial score (nSPS) is 13.4. The van der Waals surface area contributed by atoms with E-state index >= 15 is 0 Å². The Morgan fingerprint density at radius 3 is 2.81 bits per heavy atom. The molecule has 0 radical (unpaired) electrons. The maximum atomic E-state index is 9.36. The molecular formula is C17H16ClN3. The van der Waals surface area contributed by atoms with E-state index in [1.807, 2.05) is 31.2 Å². The average molecular weight is 298 g/mol. The Bertz CT molecular complexity index is 732. The van der Waals surface area contributed by atoms with Gasteiger partial charge in [-0.15, -0.1) is 0 Å². The first kappa shape index (κ1) is 13.9. The van der Waals surface area contributed by atoms with Gasteiger partial charge in [0.05, 0.1) is 5.56 Å². The second-order valence-corrected chi connectivity index (χ2v) is 5.83. The summed E-state index contributed by atoms with van der Waals surface area (Å²) in [6, 6.07) is 9.88. The third kappa shape index (κ3) is 2.86. The van der Waals surface area contributed by atoms with Crippen LogP contribution in [-0.4, -0.2) is 4.98 Å². The Balaban J connectivity index is 1.99. The first-order chi connectivity index (χ1) is 10.2. The number of pyridine rings is 1. The molecule has 0 saturated heterocycles. The van der Waals surface area contributed by atoms with Crippen LogP contribution in [0.15, 0.2) is 24.3 Å². The molecule has 0 saturated carbocycles. The SMILES string of the molecule is Cc1cc(Cl)ccc1Nc1nc2c(cc1C#N)CCCC2. The lowest BCUT2D eigenvalue weighted by molar-refractivity contribution is 0.668. The van der Waals surface area contributed by atoms with E-state index in [0.29, 0.717) is 16.4 Å². The lowest BCUT2D eigenvalue weighted by Crippen LogP contribution is -2.09. The highest BCUT2D eigenvalue weighted by Crippen LogP contribution is 2.28. The third-order valence-corrected chi connectivity index (χ3v) is 4.10. The van der Waals surface area contributed by atoms with Gasteiger partial charge in [0, 0.05) is 16.4 Å². The van der Waals surface area contributed by atoms with Crippen molar-refractivity contribution in [2.45, 2.75) is 32.6 Å². The molecule has 0 fully saturated rings. The second kappa shape index (κ2) is 5.75. The fourth-order valence-corrected chi connectivity index (χ4v) is 2.94. The Morgan fingerprint density at radius 1 is 1.24 bits per heavy atom. The van der Waals surface area contributed by atoms with E-state index in [4.69, 9.17) is 11.6 Å². The van der Waals surface area contributed by atoms with E-state index in [2.05, 4.69) is 16.4 Å². The van der Waals surface area contributed by atoms with Crippen LogP contribution in [0.25, 0.3) is 0 Å². The van der Waals surface area contributed by atoms with E-state index in [0.717, 1.165) is 29.8 Å². The highest BCUT2D eigenvalue weighted by molar-refractivity contribution is 6.30. The lowest BCUT2D eigenvalue weighted by atomic mass is 9.95. The Hall–Kier alpha value is -2.05. The van der Waals surface area contributed by atoms with E-state index < -0.39 is 0 Å². The summed E-state index contributed by atoms with van der Waals surface area (Å²) in [5.74, 6) is 0.642. The number of hydrogen-bond acceptors (Lipinski definition) is 3. The third-order valence-electron chi connectivity index (χ3n) is 3.86. The molecule has 2 aromatic rings. The summed E-state index contributed by atoms with van der Waals surface area (Å²) in [5, 5.41) is 13.3. The van der Waals surface area contributed by atoms with Gasteiger partial charge in [-0.25, -0.2) is 4.98 Å². The molecule has 0 spiro atoms. The van der Waals surface area contributed by atoms with Crippen LogP contribution >= 0.6 is 11.6 Å². The molecule has 3 rings (SSSR count). The zero-order valence-electron chi connectivity index (χ0n) is 11.9. The molecule has 1 N–H and O–H groups in total. The van der Waals surface area contributed by atoms with Crippen LogP contribution in [0.2, 0.25) is 5.02 Å². The fourth-order valence-electron chi connectivity index (χ4n) is 2.71. The van der Waals surface area contributed by atoms with Gasteiger partial charge in [-0.05, 0) is 68.0 Å². The number of nitrogens with zero attached hydrogens (tertiary/aromatic N) is 2. The minimum Gasteiger partial charge on any atom is -0.339 e. The number of rotatable bonds is 2. The van der Waals surface area contributed by atoms with E-state index in [9.17, 15) is 5.26 Å². The highest BCUT2D eigenvalue weighted by Gasteiger charge is 2.15. The molecule has 4 heteroatoms. The van der Waals surface area contributed by atoms with Crippen molar-refractivity contribution in [3.05, 3.63) is 51.7 Å². The summed E-state index contributed by atoms with van der Waals surface area (Å²) in [5.41, 5.74) is 4.90. The van der Waals surface area contributed by atoms with Gasteiger partial charge in [-0.2, -0.15) is 5.26 Å². The van der Waals surface area contributed by atoms with Gasteiger partial charge in [0.2, 0.25) is 0 Å². The van der Waals surface area contributed by atoms with Gasteiger partial charge in [-0.1, -0.05) is 11.6 Å². The molecule has 1 heterocycles. The van der Waals surface area contributed by atoms with Gasteiger partial charge in [0.15, 0.2) is 0 Å². The number of benzene rings is 1. The van der Waals surface area contributed by atoms with Crippen molar-refractivity contribution in [2.24, 2.45) is 0 Å². The predicted octanol–water partition coefficient (Wildman–Crippen LogP) is 4.54. The van der Waals surface area contributed by atoms with Crippen LogP contribution in [0.1, 0.15) is 35.2 Å². The zero-order chi connectivity index (χ0) is 14.8.